The molecule has 4 aromatic heterocycles. The minimum atomic E-state index is -3.99. The summed E-state index contributed by atoms with van der Waals surface area (Å²) in [5.41, 5.74) is 4.28. The fraction of sp³-hybridized carbons (Fsp3) is 0.292. The van der Waals surface area contributed by atoms with Gasteiger partial charge in [-0.25, -0.2) is 12.7 Å². The molecular weight excluding hydrogens is 996 g/mol. The van der Waals surface area contributed by atoms with E-state index in [1.807, 2.05) is 26.5 Å². The van der Waals surface area contributed by atoms with Gasteiger partial charge in [-0.2, -0.15) is 22.9 Å². The van der Waals surface area contributed by atoms with Crippen LogP contribution in [0.3, 0.4) is 0 Å². The van der Waals surface area contributed by atoms with E-state index in [4.69, 9.17) is 18.9 Å². The zero-order valence-electron chi connectivity index (χ0n) is 40.6. The molecule has 0 aliphatic carbocycles. The number of aryl methyl sites for hydroxylation is 2. The quantitative estimate of drug-likeness (QED) is 0.161. The first kappa shape index (κ1) is 56.5. The summed E-state index contributed by atoms with van der Waals surface area (Å²) in [5.74, 6) is 0. The van der Waals surface area contributed by atoms with Gasteiger partial charge in [-0.15, -0.1) is 5.69 Å². The normalized spacial score (nSPS) is 16.0. The summed E-state index contributed by atoms with van der Waals surface area (Å²) in [7, 11) is -1.32. The second-order valence-corrected chi connectivity index (χ2v) is 20.4. The zero-order valence-corrected chi connectivity index (χ0v) is 44.3. The number of fused-ring (bicyclic) bond motifs is 4. The van der Waals surface area contributed by atoms with E-state index in [-0.39, 0.29) is 88.0 Å². The Bertz CT molecular complexity index is 3380. The molecule has 6 heterocycles. The number of hydrogen-bond acceptors (Lipinski definition) is 14. The number of likely N-dealkylation sites (N-methyl/N-ethyl adjacent to an activating group) is 2. The van der Waals surface area contributed by atoms with Gasteiger partial charge in [-0.05, 0) is 47.2 Å². The molecule has 2 aliphatic heterocycles. The molecule has 2 fully saturated rings. The van der Waals surface area contributed by atoms with Gasteiger partial charge in [-0.3, -0.25) is 33.6 Å². The summed E-state index contributed by atoms with van der Waals surface area (Å²) >= 11 is 0. The van der Waals surface area contributed by atoms with E-state index in [0.717, 1.165) is 26.6 Å². The number of anilines is 1. The average molecular weight is 1050 g/mol. The van der Waals surface area contributed by atoms with Crippen LogP contribution in [0.15, 0.2) is 120 Å². The van der Waals surface area contributed by atoms with Crippen LogP contribution < -0.4 is 45.1 Å². The van der Waals surface area contributed by atoms with Crippen LogP contribution in [0.25, 0.3) is 70.3 Å². The first-order valence-corrected chi connectivity index (χ1v) is 25.0. The van der Waals surface area contributed by atoms with Crippen LogP contribution in [0.4, 0.5) is 11.4 Å². The van der Waals surface area contributed by atoms with Crippen molar-refractivity contribution in [3.05, 3.63) is 135 Å². The monoisotopic (exact) mass is 1050 g/mol. The molecular formula is C48H53N10NaO12S2. The van der Waals surface area contributed by atoms with Crippen molar-refractivity contribution in [2.24, 2.45) is 14.1 Å². The summed E-state index contributed by atoms with van der Waals surface area (Å²) in [5, 5.41) is 11.3. The van der Waals surface area contributed by atoms with E-state index < -0.39 is 20.4 Å². The SMILES string of the molecule is CN(C[C@@H]1COCCO1)S(=O)(=O)Nc1ccc2ccc3ncc(-c4cnn(C)c4)cc3c(=O)c2c1.CN(C[C@@H]1COCCO1)S(=O)(=O)[N-]c1ccc2ccc3ncc(-c4cnn(C)c4)cc3c(=O)c2c1.O.O.[Na+]. The standard InChI is InChI=1S/2C24H25N5O5S.Na.2H2O/c2*1-28-13-18(12-26-28)17-9-22-23(25-11-17)6-4-16-3-5-19(10-21(16)24(22)30)27-35(31,32)29(2)14-20-15-33-7-8-34-20;;;/h3-6,9-13,20H,7-8,14-15H2,1-2H3,(H,25,27,30);3-6,9-13,20,27H,7-8,14-15H2,1-2H3;;2*1H2/q;;+1;;/p-1/t2*20-;;;/m11.../s1. The number of aromatic nitrogens is 6. The molecule has 0 radical (unpaired) electrons. The number of nitrogens with zero attached hydrogens (tertiary/aromatic N) is 9. The minimum Gasteiger partial charge on any atom is -0.564 e. The van der Waals surface area contributed by atoms with Crippen molar-refractivity contribution in [2.45, 2.75) is 12.2 Å². The van der Waals surface area contributed by atoms with Gasteiger partial charge in [0.2, 0.25) is 0 Å². The van der Waals surface area contributed by atoms with E-state index >= 15 is 0 Å². The molecule has 0 spiro atoms. The predicted octanol–water partition coefficient (Wildman–Crippen LogP) is 0.253. The van der Waals surface area contributed by atoms with Gasteiger partial charge in [0.15, 0.2) is 21.1 Å². The number of hydrogen-bond donors (Lipinski definition) is 1. The Morgan fingerprint density at radius 1 is 0.616 bits per heavy atom. The third kappa shape index (κ3) is 13.1. The fourth-order valence-electron chi connectivity index (χ4n) is 8.05. The van der Waals surface area contributed by atoms with Gasteiger partial charge in [-0.1, -0.05) is 36.4 Å². The average Bonchev–Trinajstić information content (AvgIpc) is 3.94. The van der Waals surface area contributed by atoms with E-state index in [1.54, 1.807) is 101 Å². The van der Waals surface area contributed by atoms with E-state index in [1.165, 1.54) is 24.5 Å². The molecule has 380 valence electrons. The smallest absolute Gasteiger partial charge is 0.564 e. The Hall–Kier alpha value is -5.84. The first-order valence-electron chi connectivity index (χ1n) is 22.1. The molecule has 2 atom stereocenters. The van der Waals surface area contributed by atoms with Crippen LogP contribution in [0, 0.1) is 0 Å². The number of ether oxygens (including phenoxy) is 4. The molecule has 4 aromatic carbocycles. The number of pyridine rings is 2. The van der Waals surface area contributed by atoms with Gasteiger partial charge in [0.25, 0.3) is 0 Å². The minimum absolute atomic E-state index is 0. The molecule has 73 heavy (non-hydrogen) atoms. The van der Waals surface area contributed by atoms with Crippen molar-refractivity contribution >= 4 is 75.1 Å². The number of rotatable bonds is 12. The van der Waals surface area contributed by atoms with E-state index in [0.29, 0.717) is 83.0 Å². The van der Waals surface area contributed by atoms with Gasteiger partial charge in [0.05, 0.1) is 81.0 Å². The van der Waals surface area contributed by atoms with Gasteiger partial charge in [0, 0.05) is 110 Å². The van der Waals surface area contributed by atoms with Crippen molar-refractivity contribution in [1.29, 1.82) is 0 Å². The molecule has 0 unspecified atom stereocenters. The third-order valence-electron chi connectivity index (χ3n) is 11.8. The van der Waals surface area contributed by atoms with Crippen LogP contribution >= 0.6 is 0 Å². The van der Waals surface area contributed by atoms with Crippen molar-refractivity contribution in [1.82, 2.24) is 38.1 Å². The molecule has 22 nitrogen and oxygen atoms in total. The fourth-order valence-corrected chi connectivity index (χ4v) is 9.87. The van der Waals surface area contributed by atoms with Crippen molar-refractivity contribution in [2.75, 3.05) is 71.5 Å². The zero-order chi connectivity index (χ0) is 49.2. The summed E-state index contributed by atoms with van der Waals surface area (Å²) < 4.78 is 85.4. The number of nitrogens with one attached hydrogen (secondary N) is 1. The van der Waals surface area contributed by atoms with Crippen LogP contribution in [-0.2, 0) is 53.5 Å². The van der Waals surface area contributed by atoms with Crippen LogP contribution in [0.5, 0.6) is 0 Å². The number of benzene rings is 2. The molecule has 8 aromatic rings. The summed E-state index contributed by atoms with van der Waals surface area (Å²) in [6.45, 7) is 2.80. The van der Waals surface area contributed by atoms with Gasteiger partial charge < -0.3 is 34.6 Å². The summed E-state index contributed by atoms with van der Waals surface area (Å²) in [4.78, 5) is 36.0. The second kappa shape index (κ2) is 24.0. The summed E-state index contributed by atoms with van der Waals surface area (Å²) in [6, 6.07) is 20.4. The Labute approximate surface area is 442 Å². The van der Waals surface area contributed by atoms with Crippen molar-refractivity contribution in [3.63, 3.8) is 0 Å². The maximum atomic E-state index is 13.5. The molecule has 2 aliphatic rings. The second-order valence-electron chi connectivity index (χ2n) is 16.9. The van der Waals surface area contributed by atoms with Crippen LogP contribution in [0.2, 0.25) is 0 Å². The Balaban J connectivity index is 0.000000229. The Morgan fingerprint density at radius 3 is 1.58 bits per heavy atom. The first-order chi connectivity index (χ1) is 33.6. The molecule has 0 amide bonds. The van der Waals surface area contributed by atoms with E-state index in [9.17, 15) is 26.4 Å². The molecule has 25 heteroatoms. The van der Waals surface area contributed by atoms with Gasteiger partial charge >= 0.3 is 39.8 Å². The maximum absolute atomic E-state index is 13.5. The Kier molecular flexibility index (Phi) is 18.6. The molecule has 0 bridgehead atoms. The van der Waals surface area contributed by atoms with Crippen molar-refractivity contribution < 1.29 is 76.3 Å². The topological polar surface area (TPSA) is 296 Å². The van der Waals surface area contributed by atoms with Crippen LogP contribution in [-0.4, -0.2) is 145 Å². The van der Waals surface area contributed by atoms with Gasteiger partial charge in [0.1, 0.15) is 0 Å². The van der Waals surface area contributed by atoms with Crippen molar-refractivity contribution in [3.8, 4) is 22.3 Å². The molecule has 5 N–H and O–H groups in total. The third-order valence-corrected chi connectivity index (χ3v) is 14.6. The molecule has 2 saturated heterocycles. The summed E-state index contributed by atoms with van der Waals surface area (Å²) in [6.07, 6.45) is 9.84. The maximum Gasteiger partial charge on any atom is 1.00 e. The predicted molar refractivity (Wildman–Crippen MR) is 274 cm³/mol. The molecule has 10 rings (SSSR count). The molecule has 0 saturated carbocycles. The Morgan fingerprint density at radius 2 is 1.10 bits per heavy atom. The largest absolute Gasteiger partial charge is 1.00 e. The van der Waals surface area contributed by atoms with Crippen LogP contribution in [0.1, 0.15) is 0 Å². The van der Waals surface area contributed by atoms with E-state index in [2.05, 4.69) is 29.6 Å².